The van der Waals surface area contributed by atoms with Gasteiger partial charge in [-0.05, 0) is 77.7 Å². The Bertz CT molecular complexity index is 1860. The number of benzene rings is 5. The summed E-state index contributed by atoms with van der Waals surface area (Å²) in [5.41, 5.74) is 10.3. The second-order valence-corrected chi connectivity index (χ2v) is 9.56. The Labute approximate surface area is 221 Å². The molecule has 3 nitrogen and oxygen atoms in total. The number of hydrogen-bond acceptors (Lipinski definition) is 3. The zero-order chi connectivity index (χ0) is 25.5. The predicted octanol–water partition coefficient (Wildman–Crippen LogP) is 9.35. The average molecular weight is 489 g/mol. The lowest BCUT2D eigenvalue weighted by Gasteiger charge is -2.12. The summed E-state index contributed by atoms with van der Waals surface area (Å²) >= 11 is 0. The van der Waals surface area contributed by atoms with Gasteiger partial charge in [0.2, 0.25) is 0 Å². The highest BCUT2D eigenvalue weighted by molar-refractivity contribution is 6.06. The molecule has 0 N–H and O–H groups in total. The van der Waals surface area contributed by atoms with E-state index in [-0.39, 0.29) is 0 Å². The number of fused-ring (bicyclic) bond motifs is 3. The lowest BCUT2D eigenvalue weighted by atomic mass is 9.95. The molecule has 0 radical (unpaired) electrons. The van der Waals surface area contributed by atoms with Crippen molar-refractivity contribution in [1.29, 1.82) is 0 Å². The Morgan fingerprint density at radius 2 is 1.05 bits per heavy atom. The van der Waals surface area contributed by atoms with Crippen LogP contribution in [-0.2, 0) is 0 Å². The quantitative estimate of drug-likeness (QED) is 0.248. The Kier molecular flexibility index (Phi) is 5.33. The van der Waals surface area contributed by atoms with Crippen LogP contribution in [0.5, 0.6) is 0 Å². The van der Waals surface area contributed by atoms with Crippen LogP contribution in [0.3, 0.4) is 0 Å². The molecule has 0 aliphatic rings. The van der Waals surface area contributed by atoms with Crippen LogP contribution in [0.2, 0.25) is 0 Å². The highest BCUT2D eigenvalue weighted by Gasteiger charge is 2.13. The molecule has 0 aliphatic carbocycles. The monoisotopic (exact) mass is 488 g/mol. The van der Waals surface area contributed by atoms with E-state index in [0.717, 1.165) is 55.6 Å². The highest BCUT2D eigenvalue weighted by atomic mass is 16.3. The maximum Gasteiger partial charge on any atom is 0.160 e. The molecule has 2 heterocycles. The minimum Gasteiger partial charge on any atom is -0.456 e. The van der Waals surface area contributed by atoms with Gasteiger partial charge in [-0.15, -0.1) is 0 Å². The van der Waals surface area contributed by atoms with E-state index in [1.54, 1.807) is 0 Å². The molecule has 5 aromatic carbocycles. The van der Waals surface area contributed by atoms with Gasteiger partial charge in [-0.1, -0.05) is 78.9 Å². The van der Waals surface area contributed by atoms with E-state index in [1.165, 1.54) is 11.1 Å². The van der Waals surface area contributed by atoms with Crippen molar-refractivity contribution in [3.05, 3.63) is 133 Å². The summed E-state index contributed by atoms with van der Waals surface area (Å²) in [6, 6.07) is 44.1. The van der Waals surface area contributed by atoms with Crippen LogP contribution in [-0.4, -0.2) is 9.97 Å². The molecular formula is C35H24N2O. The number of aromatic nitrogens is 2. The minimum absolute atomic E-state index is 0.707. The molecular weight excluding hydrogens is 464 g/mol. The van der Waals surface area contributed by atoms with Crippen LogP contribution in [0.1, 0.15) is 5.69 Å². The van der Waals surface area contributed by atoms with E-state index in [2.05, 4.69) is 84.9 Å². The van der Waals surface area contributed by atoms with Crippen molar-refractivity contribution in [1.82, 2.24) is 9.97 Å². The largest absolute Gasteiger partial charge is 0.456 e. The first-order valence-electron chi connectivity index (χ1n) is 12.7. The molecule has 180 valence electrons. The first-order chi connectivity index (χ1) is 18.7. The third-order valence-electron chi connectivity index (χ3n) is 6.93. The Hall–Kier alpha value is -5.02. The van der Waals surface area contributed by atoms with Gasteiger partial charge in [-0.2, -0.15) is 0 Å². The second kappa shape index (κ2) is 9.13. The van der Waals surface area contributed by atoms with E-state index in [4.69, 9.17) is 14.4 Å². The van der Waals surface area contributed by atoms with Crippen molar-refractivity contribution < 1.29 is 4.42 Å². The van der Waals surface area contributed by atoms with Gasteiger partial charge in [-0.25, -0.2) is 9.97 Å². The molecule has 0 fully saturated rings. The molecule has 7 aromatic rings. The van der Waals surface area contributed by atoms with E-state index in [9.17, 15) is 0 Å². The second-order valence-electron chi connectivity index (χ2n) is 9.56. The molecule has 7 rings (SSSR count). The summed E-state index contributed by atoms with van der Waals surface area (Å²) in [7, 11) is 0. The van der Waals surface area contributed by atoms with Crippen LogP contribution < -0.4 is 0 Å². The number of rotatable bonds is 4. The molecule has 0 aliphatic heterocycles. The van der Waals surface area contributed by atoms with E-state index in [0.29, 0.717) is 5.82 Å². The number of hydrogen-bond donors (Lipinski definition) is 0. The van der Waals surface area contributed by atoms with Gasteiger partial charge in [0.15, 0.2) is 5.82 Å². The summed E-state index contributed by atoms with van der Waals surface area (Å²) in [5.74, 6) is 0.707. The fourth-order valence-corrected chi connectivity index (χ4v) is 5.08. The fourth-order valence-electron chi connectivity index (χ4n) is 5.08. The van der Waals surface area contributed by atoms with Crippen LogP contribution in [0.25, 0.3) is 66.8 Å². The van der Waals surface area contributed by atoms with Crippen molar-refractivity contribution in [2.45, 2.75) is 6.92 Å². The fraction of sp³-hybridized carbons (Fsp3) is 0.0286. The van der Waals surface area contributed by atoms with Gasteiger partial charge in [-0.3, -0.25) is 0 Å². The predicted molar refractivity (Wildman–Crippen MR) is 156 cm³/mol. The molecule has 2 aromatic heterocycles. The average Bonchev–Trinajstić information content (AvgIpc) is 3.35. The first kappa shape index (κ1) is 22.2. The van der Waals surface area contributed by atoms with E-state index in [1.807, 2.05) is 49.4 Å². The topological polar surface area (TPSA) is 38.9 Å². The van der Waals surface area contributed by atoms with Crippen LogP contribution >= 0.6 is 0 Å². The van der Waals surface area contributed by atoms with Gasteiger partial charge in [0.1, 0.15) is 11.2 Å². The molecule has 0 amide bonds. The van der Waals surface area contributed by atoms with Crippen LogP contribution in [0.15, 0.2) is 132 Å². The van der Waals surface area contributed by atoms with Crippen molar-refractivity contribution >= 4 is 21.9 Å². The minimum atomic E-state index is 0.707. The third kappa shape index (κ3) is 4.04. The number of furan rings is 1. The van der Waals surface area contributed by atoms with E-state index >= 15 is 0 Å². The number of nitrogens with zero attached hydrogens (tertiary/aromatic N) is 2. The third-order valence-corrected chi connectivity index (χ3v) is 6.93. The lowest BCUT2D eigenvalue weighted by molar-refractivity contribution is 0.669. The molecule has 0 unspecified atom stereocenters. The molecule has 0 spiro atoms. The van der Waals surface area contributed by atoms with E-state index < -0.39 is 0 Å². The maximum atomic E-state index is 6.03. The summed E-state index contributed by atoms with van der Waals surface area (Å²) in [4.78, 5) is 9.89. The van der Waals surface area contributed by atoms with Crippen molar-refractivity contribution in [2.24, 2.45) is 0 Å². The standard InChI is InChI=1S/C35H24N2O/c1-23-18-32(37-35(36-23)26-16-17-34-31(22-26)30-14-8-9-15-33(30)38-34)29-20-27(24-10-4-2-5-11-24)19-28(21-29)25-12-6-3-7-13-25/h2-22H,1H3. The summed E-state index contributed by atoms with van der Waals surface area (Å²) in [6.07, 6.45) is 0. The Morgan fingerprint density at radius 3 is 1.76 bits per heavy atom. The number of para-hydroxylation sites is 1. The van der Waals surface area contributed by atoms with Crippen LogP contribution in [0, 0.1) is 6.92 Å². The SMILES string of the molecule is Cc1cc(-c2cc(-c3ccccc3)cc(-c3ccccc3)c2)nc(-c2ccc3oc4ccccc4c3c2)n1. The lowest BCUT2D eigenvalue weighted by Crippen LogP contribution is -1.96. The molecule has 0 atom stereocenters. The number of aryl methyl sites for hydroxylation is 1. The van der Waals surface area contributed by atoms with Crippen molar-refractivity contribution in [3.63, 3.8) is 0 Å². The molecule has 3 heteroatoms. The summed E-state index contributed by atoms with van der Waals surface area (Å²) in [6.45, 7) is 2.03. The molecule has 38 heavy (non-hydrogen) atoms. The van der Waals surface area contributed by atoms with Crippen LogP contribution in [0.4, 0.5) is 0 Å². The molecule has 0 bridgehead atoms. The highest BCUT2D eigenvalue weighted by Crippen LogP contribution is 2.35. The first-order valence-corrected chi connectivity index (χ1v) is 12.7. The Balaban J connectivity index is 1.39. The molecule has 0 saturated carbocycles. The van der Waals surface area contributed by atoms with Gasteiger partial charge in [0.05, 0.1) is 5.69 Å². The Morgan fingerprint density at radius 1 is 0.447 bits per heavy atom. The van der Waals surface area contributed by atoms with Crippen molar-refractivity contribution in [3.8, 4) is 44.9 Å². The van der Waals surface area contributed by atoms with Gasteiger partial charge in [0.25, 0.3) is 0 Å². The summed E-state index contributed by atoms with van der Waals surface area (Å²) < 4.78 is 6.03. The van der Waals surface area contributed by atoms with Gasteiger partial charge >= 0.3 is 0 Å². The summed E-state index contributed by atoms with van der Waals surface area (Å²) in [5, 5.41) is 2.17. The van der Waals surface area contributed by atoms with Crippen molar-refractivity contribution in [2.75, 3.05) is 0 Å². The smallest absolute Gasteiger partial charge is 0.160 e. The molecule has 0 saturated heterocycles. The maximum absolute atomic E-state index is 6.03. The zero-order valence-corrected chi connectivity index (χ0v) is 20.9. The zero-order valence-electron chi connectivity index (χ0n) is 20.9. The normalized spacial score (nSPS) is 11.3. The van der Waals surface area contributed by atoms with Gasteiger partial charge < -0.3 is 4.42 Å². The van der Waals surface area contributed by atoms with Gasteiger partial charge in [0, 0.05) is 27.6 Å².